The van der Waals surface area contributed by atoms with Gasteiger partial charge in [-0.25, -0.2) is 0 Å². The maximum Gasteiger partial charge on any atom is 0.109 e. The van der Waals surface area contributed by atoms with Crippen LogP contribution < -0.4 is 4.90 Å². The van der Waals surface area contributed by atoms with E-state index in [9.17, 15) is 0 Å². The Balaban J connectivity index is 1.66. The third kappa shape index (κ3) is 2.12. The quantitative estimate of drug-likeness (QED) is 0.717. The van der Waals surface area contributed by atoms with Crippen LogP contribution in [0.4, 0.5) is 5.69 Å². The van der Waals surface area contributed by atoms with Gasteiger partial charge in [0.05, 0.1) is 22.5 Å². The van der Waals surface area contributed by atoms with Crippen molar-refractivity contribution in [2.45, 2.75) is 6.10 Å². The van der Waals surface area contributed by atoms with Gasteiger partial charge in [0.1, 0.15) is 6.10 Å². The minimum absolute atomic E-state index is 0.187. The van der Waals surface area contributed by atoms with Gasteiger partial charge in [0, 0.05) is 24.2 Å². The van der Waals surface area contributed by atoms with Crippen molar-refractivity contribution in [2.75, 3.05) is 24.6 Å². The Morgan fingerprint density at radius 1 is 1.20 bits per heavy atom. The molecule has 3 aromatic heterocycles. The minimum atomic E-state index is 0.187. The lowest BCUT2D eigenvalue weighted by atomic mass is 10.2. The Hall–Kier alpha value is -1.43. The number of pyridine rings is 1. The summed E-state index contributed by atoms with van der Waals surface area (Å²) in [6.07, 6.45) is 2.09. The summed E-state index contributed by atoms with van der Waals surface area (Å²) in [5.41, 5.74) is 2.38. The van der Waals surface area contributed by atoms with Crippen molar-refractivity contribution in [3.8, 4) is 0 Å². The fourth-order valence-corrected chi connectivity index (χ4v) is 4.28. The lowest BCUT2D eigenvalue weighted by Crippen LogP contribution is -2.38. The SMILES string of the molecule is c1csc(C2CN(c3ccnc4ccsc34)CCO2)c1. The Kier molecular flexibility index (Phi) is 3.18. The first-order chi connectivity index (χ1) is 9.92. The molecular weight excluding hydrogens is 288 g/mol. The molecule has 3 aromatic rings. The molecule has 1 aliphatic heterocycles. The van der Waals surface area contributed by atoms with Gasteiger partial charge in [0.15, 0.2) is 0 Å². The lowest BCUT2D eigenvalue weighted by Gasteiger charge is -2.34. The van der Waals surface area contributed by atoms with Crippen molar-refractivity contribution >= 4 is 38.6 Å². The summed E-state index contributed by atoms with van der Waals surface area (Å²) in [6, 6.07) is 8.45. The predicted molar refractivity (Wildman–Crippen MR) is 84.8 cm³/mol. The van der Waals surface area contributed by atoms with Gasteiger partial charge < -0.3 is 9.64 Å². The molecule has 3 nitrogen and oxygen atoms in total. The van der Waals surface area contributed by atoms with Gasteiger partial charge in [0.2, 0.25) is 0 Å². The zero-order valence-corrected chi connectivity index (χ0v) is 12.5. The fourth-order valence-electron chi connectivity index (χ4n) is 2.62. The highest BCUT2D eigenvalue weighted by Crippen LogP contribution is 2.34. The average Bonchev–Trinajstić information content (AvgIpc) is 3.18. The number of aromatic nitrogens is 1. The number of ether oxygens (including phenoxy) is 1. The summed E-state index contributed by atoms with van der Waals surface area (Å²) < 4.78 is 7.20. The zero-order chi connectivity index (χ0) is 13.4. The number of rotatable bonds is 2. The van der Waals surface area contributed by atoms with Gasteiger partial charge in [-0.1, -0.05) is 6.07 Å². The third-order valence-electron chi connectivity index (χ3n) is 3.59. The lowest BCUT2D eigenvalue weighted by molar-refractivity contribution is 0.0422. The molecule has 0 amide bonds. The monoisotopic (exact) mass is 302 g/mol. The van der Waals surface area contributed by atoms with E-state index < -0.39 is 0 Å². The first-order valence-corrected chi connectivity index (χ1v) is 8.40. The highest BCUT2D eigenvalue weighted by molar-refractivity contribution is 7.17. The number of thiophene rings is 2. The van der Waals surface area contributed by atoms with Crippen LogP contribution in [0, 0.1) is 0 Å². The van der Waals surface area contributed by atoms with Gasteiger partial charge in [0.25, 0.3) is 0 Å². The summed E-state index contributed by atoms with van der Waals surface area (Å²) in [5, 5.41) is 4.22. The molecule has 4 heterocycles. The van der Waals surface area contributed by atoms with Gasteiger partial charge in [-0.2, -0.15) is 0 Å². The second-order valence-electron chi connectivity index (χ2n) is 4.79. The van der Waals surface area contributed by atoms with E-state index in [2.05, 4.69) is 44.9 Å². The summed E-state index contributed by atoms with van der Waals surface area (Å²) in [5.74, 6) is 0. The molecular formula is C15H14N2OS2. The van der Waals surface area contributed by atoms with Gasteiger partial charge in [-0.3, -0.25) is 4.98 Å². The molecule has 1 atom stereocenters. The van der Waals surface area contributed by atoms with E-state index in [1.54, 1.807) is 22.7 Å². The maximum absolute atomic E-state index is 5.92. The molecule has 1 saturated heterocycles. The molecule has 102 valence electrons. The topological polar surface area (TPSA) is 25.4 Å². The van der Waals surface area contributed by atoms with Crippen LogP contribution >= 0.6 is 22.7 Å². The maximum atomic E-state index is 5.92. The Morgan fingerprint density at radius 2 is 2.20 bits per heavy atom. The fraction of sp³-hybridized carbons (Fsp3) is 0.267. The van der Waals surface area contributed by atoms with Crippen LogP contribution in [0.25, 0.3) is 10.2 Å². The van der Waals surface area contributed by atoms with E-state index in [0.717, 1.165) is 25.2 Å². The second-order valence-corrected chi connectivity index (χ2v) is 6.68. The zero-order valence-electron chi connectivity index (χ0n) is 10.9. The smallest absolute Gasteiger partial charge is 0.109 e. The first-order valence-electron chi connectivity index (χ1n) is 6.64. The molecule has 20 heavy (non-hydrogen) atoms. The van der Waals surface area contributed by atoms with Crippen molar-refractivity contribution in [3.63, 3.8) is 0 Å². The van der Waals surface area contributed by atoms with Crippen molar-refractivity contribution in [1.82, 2.24) is 4.98 Å². The van der Waals surface area contributed by atoms with E-state index in [-0.39, 0.29) is 6.10 Å². The summed E-state index contributed by atoms with van der Waals surface area (Å²) in [7, 11) is 0. The van der Waals surface area contributed by atoms with E-state index in [1.807, 2.05) is 6.20 Å². The highest BCUT2D eigenvalue weighted by Gasteiger charge is 2.24. The van der Waals surface area contributed by atoms with Crippen LogP contribution in [0.5, 0.6) is 0 Å². The molecule has 1 aliphatic rings. The molecule has 0 radical (unpaired) electrons. The van der Waals surface area contributed by atoms with Crippen molar-refractivity contribution in [3.05, 3.63) is 46.1 Å². The number of hydrogen-bond acceptors (Lipinski definition) is 5. The van der Waals surface area contributed by atoms with Crippen LogP contribution in [0.3, 0.4) is 0 Å². The molecule has 0 bridgehead atoms. The van der Waals surface area contributed by atoms with E-state index in [4.69, 9.17) is 4.74 Å². The van der Waals surface area contributed by atoms with Crippen LogP contribution in [0.15, 0.2) is 41.2 Å². The third-order valence-corrected chi connectivity index (χ3v) is 5.48. The van der Waals surface area contributed by atoms with Crippen molar-refractivity contribution < 1.29 is 4.74 Å². The number of anilines is 1. The number of morpholine rings is 1. The standard InChI is InChI=1S/C15H14N2OS2/c1-2-14(19-8-1)13-10-17(6-7-18-13)12-3-5-16-11-4-9-20-15(11)12/h1-5,8-9,13H,6-7,10H2. The van der Waals surface area contributed by atoms with Gasteiger partial charge >= 0.3 is 0 Å². The molecule has 1 fully saturated rings. The Bertz CT molecular complexity index is 708. The molecule has 0 saturated carbocycles. The van der Waals surface area contributed by atoms with Crippen LogP contribution in [0.1, 0.15) is 11.0 Å². The first kappa shape index (κ1) is 12.3. The van der Waals surface area contributed by atoms with E-state index in [1.165, 1.54) is 15.3 Å². The number of hydrogen-bond donors (Lipinski definition) is 0. The van der Waals surface area contributed by atoms with Gasteiger partial charge in [-0.15, -0.1) is 22.7 Å². The largest absolute Gasteiger partial charge is 0.369 e. The molecule has 0 aliphatic carbocycles. The van der Waals surface area contributed by atoms with Crippen molar-refractivity contribution in [2.24, 2.45) is 0 Å². The minimum Gasteiger partial charge on any atom is -0.369 e. The Morgan fingerprint density at radius 3 is 3.10 bits per heavy atom. The molecule has 5 heteroatoms. The van der Waals surface area contributed by atoms with Crippen LogP contribution in [0.2, 0.25) is 0 Å². The Labute approximate surface area is 125 Å². The predicted octanol–water partition coefficient (Wildman–Crippen LogP) is 3.94. The molecule has 4 rings (SSSR count). The summed E-state index contributed by atoms with van der Waals surface area (Å²) in [4.78, 5) is 8.16. The molecule has 1 unspecified atom stereocenters. The van der Waals surface area contributed by atoms with Crippen molar-refractivity contribution in [1.29, 1.82) is 0 Å². The summed E-state index contributed by atoms with van der Waals surface area (Å²) >= 11 is 3.53. The normalized spacial score (nSPS) is 19.6. The molecule has 0 spiro atoms. The molecule has 0 aromatic carbocycles. The van der Waals surface area contributed by atoms with Crippen LogP contribution in [-0.4, -0.2) is 24.7 Å². The number of fused-ring (bicyclic) bond motifs is 1. The highest BCUT2D eigenvalue weighted by atomic mass is 32.1. The van der Waals surface area contributed by atoms with E-state index in [0.29, 0.717) is 0 Å². The summed E-state index contributed by atoms with van der Waals surface area (Å²) in [6.45, 7) is 2.63. The average molecular weight is 302 g/mol. The molecule has 0 N–H and O–H groups in total. The number of nitrogens with zero attached hydrogens (tertiary/aromatic N) is 2. The van der Waals surface area contributed by atoms with Gasteiger partial charge in [-0.05, 0) is 29.0 Å². The van der Waals surface area contributed by atoms with E-state index >= 15 is 0 Å². The second kappa shape index (κ2) is 5.16. The van der Waals surface area contributed by atoms with Crippen LogP contribution in [-0.2, 0) is 4.74 Å².